The van der Waals surface area contributed by atoms with Gasteiger partial charge in [0.25, 0.3) is 0 Å². The van der Waals surface area contributed by atoms with Gasteiger partial charge < -0.3 is 29.3 Å². The van der Waals surface area contributed by atoms with Gasteiger partial charge >= 0.3 is 5.97 Å². The van der Waals surface area contributed by atoms with Crippen molar-refractivity contribution in [1.29, 1.82) is 0 Å². The first-order valence-corrected chi connectivity index (χ1v) is 15.5. The van der Waals surface area contributed by atoms with E-state index < -0.39 is 17.7 Å². The summed E-state index contributed by atoms with van der Waals surface area (Å²) in [4.78, 5) is 25.8. The lowest BCUT2D eigenvalue weighted by molar-refractivity contribution is -0.137. The highest BCUT2D eigenvalue weighted by Crippen LogP contribution is 2.42. The molecule has 8 nitrogen and oxygen atoms in total. The predicted octanol–water partition coefficient (Wildman–Crippen LogP) is 6.18. The third-order valence-electron chi connectivity index (χ3n) is 8.41. The number of aliphatic hydroxyl groups is 1. The maximum absolute atomic E-state index is 13.4. The smallest absolute Gasteiger partial charge is 0.303 e. The summed E-state index contributed by atoms with van der Waals surface area (Å²) in [5.74, 6) is 0.749. The molecule has 8 heteroatoms. The summed E-state index contributed by atoms with van der Waals surface area (Å²) < 4.78 is 17.9. The first kappa shape index (κ1) is 33.0. The molecule has 0 unspecified atom stereocenters. The Morgan fingerprint density at radius 1 is 0.750 bits per heavy atom. The number of carbonyl (C=O) groups is 2. The molecule has 236 valence electrons. The van der Waals surface area contributed by atoms with Crippen molar-refractivity contribution in [1.82, 2.24) is 4.90 Å². The van der Waals surface area contributed by atoms with Gasteiger partial charge in [-0.1, -0.05) is 80.3 Å². The minimum atomic E-state index is -0.997. The van der Waals surface area contributed by atoms with Crippen molar-refractivity contribution in [2.75, 3.05) is 27.4 Å². The number of aliphatic hydroxyl groups excluding tert-OH is 1. The Kier molecular flexibility index (Phi) is 12.2. The summed E-state index contributed by atoms with van der Waals surface area (Å²) >= 11 is 0. The molecule has 2 atom stereocenters. The zero-order valence-electron chi connectivity index (χ0n) is 25.8. The lowest BCUT2D eigenvalue weighted by Gasteiger charge is -2.38. The van der Waals surface area contributed by atoms with Crippen molar-refractivity contribution in [2.24, 2.45) is 0 Å². The molecule has 44 heavy (non-hydrogen) atoms. The van der Waals surface area contributed by atoms with Gasteiger partial charge in [-0.05, 0) is 60.2 Å². The van der Waals surface area contributed by atoms with Gasteiger partial charge in [0.2, 0.25) is 5.91 Å². The second kappa shape index (κ2) is 16.3. The predicted molar refractivity (Wildman–Crippen MR) is 169 cm³/mol. The lowest BCUT2D eigenvalue weighted by atomic mass is 9.80. The fourth-order valence-corrected chi connectivity index (χ4v) is 6.05. The van der Waals surface area contributed by atoms with Gasteiger partial charge in [-0.15, -0.1) is 0 Å². The normalized spacial score (nSPS) is 16.6. The first-order chi connectivity index (χ1) is 21.4. The topological polar surface area (TPSA) is 106 Å². The average Bonchev–Trinajstić information content (AvgIpc) is 3.43. The fraction of sp³-hybridized carbons (Fsp3) is 0.444. The van der Waals surface area contributed by atoms with E-state index in [1.54, 1.807) is 19.1 Å². The molecule has 1 fully saturated rings. The van der Waals surface area contributed by atoms with E-state index in [1.165, 1.54) is 0 Å². The number of nitrogens with zero attached hydrogens (tertiary/aromatic N) is 1. The van der Waals surface area contributed by atoms with Crippen molar-refractivity contribution in [2.45, 2.75) is 75.5 Å². The summed E-state index contributed by atoms with van der Waals surface area (Å²) in [6.07, 6.45) is 5.69. The van der Waals surface area contributed by atoms with E-state index in [-0.39, 0.29) is 25.0 Å². The quantitative estimate of drug-likeness (QED) is 0.140. The molecule has 1 saturated heterocycles. The zero-order chi connectivity index (χ0) is 31.4. The van der Waals surface area contributed by atoms with Gasteiger partial charge in [-0.2, -0.15) is 0 Å². The molecule has 0 aromatic heterocycles. The van der Waals surface area contributed by atoms with Gasteiger partial charge in [0.1, 0.15) is 17.1 Å². The molecular weight excluding hydrogens is 558 g/mol. The highest BCUT2D eigenvalue weighted by molar-refractivity contribution is 5.77. The van der Waals surface area contributed by atoms with Crippen LogP contribution >= 0.6 is 0 Å². The molecule has 1 aliphatic rings. The Morgan fingerprint density at radius 2 is 1.25 bits per heavy atom. The van der Waals surface area contributed by atoms with Crippen molar-refractivity contribution >= 4 is 11.9 Å². The number of benzene rings is 3. The summed E-state index contributed by atoms with van der Waals surface area (Å²) in [5.41, 5.74) is 1.77. The number of carboxylic acid groups (broad SMARTS) is 1. The van der Waals surface area contributed by atoms with Gasteiger partial charge in [-0.3, -0.25) is 9.59 Å². The van der Waals surface area contributed by atoms with Crippen molar-refractivity contribution < 1.29 is 34.0 Å². The molecule has 1 aliphatic heterocycles. The highest BCUT2D eigenvalue weighted by atomic mass is 16.5. The number of unbranched alkanes of at least 4 members (excludes halogenated alkanes) is 5. The van der Waals surface area contributed by atoms with Crippen LogP contribution in [-0.2, 0) is 19.9 Å². The molecule has 3 aromatic rings. The Hall–Kier alpha value is -3.88. The van der Waals surface area contributed by atoms with E-state index in [4.69, 9.17) is 19.3 Å². The number of hydrogen-bond donors (Lipinski definition) is 2. The van der Waals surface area contributed by atoms with Crippen LogP contribution in [0.15, 0.2) is 78.9 Å². The molecule has 1 heterocycles. The first-order valence-electron chi connectivity index (χ1n) is 15.5. The summed E-state index contributed by atoms with van der Waals surface area (Å²) in [7, 11) is 3.28. The molecular formula is C36H45NO7. The van der Waals surface area contributed by atoms with E-state index in [9.17, 15) is 14.7 Å². The van der Waals surface area contributed by atoms with Crippen LogP contribution in [0.2, 0.25) is 0 Å². The SMILES string of the molecule is COc1ccc(C(OC[C@H]2C[C@H](O)CN2C(=O)CCCCCCCCC(=O)O)(c2ccccc2)c2ccc(OC)cc2)cc1. The number of amides is 1. The van der Waals surface area contributed by atoms with Crippen LogP contribution in [0.3, 0.4) is 0 Å². The number of likely N-dealkylation sites (tertiary alicyclic amines) is 1. The summed E-state index contributed by atoms with van der Waals surface area (Å²) in [6, 6.07) is 25.5. The number of rotatable bonds is 17. The van der Waals surface area contributed by atoms with E-state index in [0.717, 1.165) is 60.3 Å². The second-order valence-corrected chi connectivity index (χ2v) is 11.4. The Labute approximate surface area is 260 Å². The minimum Gasteiger partial charge on any atom is -0.497 e. The van der Waals surface area contributed by atoms with Crippen LogP contribution < -0.4 is 9.47 Å². The zero-order valence-corrected chi connectivity index (χ0v) is 25.8. The largest absolute Gasteiger partial charge is 0.497 e. The van der Waals surface area contributed by atoms with E-state index in [0.29, 0.717) is 25.8 Å². The van der Waals surface area contributed by atoms with E-state index in [1.807, 2.05) is 78.9 Å². The van der Waals surface area contributed by atoms with Gasteiger partial charge in [0, 0.05) is 19.4 Å². The van der Waals surface area contributed by atoms with Crippen molar-refractivity contribution in [3.8, 4) is 11.5 Å². The van der Waals surface area contributed by atoms with E-state index in [2.05, 4.69) is 0 Å². The van der Waals surface area contributed by atoms with E-state index >= 15 is 0 Å². The Balaban J connectivity index is 1.53. The second-order valence-electron chi connectivity index (χ2n) is 11.4. The van der Waals surface area contributed by atoms with Crippen LogP contribution in [0.5, 0.6) is 11.5 Å². The average molecular weight is 604 g/mol. The van der Waals surface area contributed by atoms with Gasteiger partial charge in [0.05, 0.1) is 33.0 Å². The van der Waals surface area contributed by atoms with Gasteiger partial charge in [0.15, 0.2) is 0 Å². The molecule has 0 radical (unpaired) electrons. The number of carbonyl (C=O) groups excluding carboxylic acids is 1. The van der Waals surface area contributed by atoms with Crippen LogP contribution in [0.4, 0.5) is 0 Å². The fourth-order valence-electron chi connectivity index (χ4n) is 6.05. The molecule has 3 aromatic carbocycles. The van der Waals surface area contributed by atoms with Crippen LogP contribution in [-0.4, -0.2) is 66.5 Å². The van der Waals surface area contributed by atoms with Crippen molar-refractivity contribution in [3.63, 3.8) is 0 Å². The van der Waals surface area contributed by atoms with Gasteiger partial charge in [-0.25, -0.2) is 0 Å². The molecule has 0 spiro atoms. The Bertz CT molecular complexity index is 1260. The molecule has 0 bridgehead atoms. The van der Waals surface area contributed by atoms with Crippen LogP contribution in [0.1, 0.15) is 74.5 Å². The summed E-state index contributed by atoms with van der Waals surface area (Å²) in [6.45, 7) is 0.533. The third-order valence-corrected chi connectivity index (χ3v) is 8.41. The third kappa shape index (κ3) is 8.39. The number of β-amino-alcohol motifs (C(OH)–C–C–N with tert-alkyl or cyclic N) is 1. The lowest BCUT2D eigenvalue weighted by Crippen LogP contribution is -2.42. The van der Waals surface area contributed by atoms with Crippen molar-refractivity contribution in [3.05, 3.63) is 95.6 Å². The monoisotopic (exact) mass is 603 g/mol. The number of aliphatic carboxylic acids is 1. The maximum Gasteiger partial charge on any atom is 0.303 e. The molecule has 2 N–H and O–H groups in total. The molecule has 0 saturated carbocycles. The Morgan fingerprint density at radius 3 is 1.77 bits per heavy atom. The number of carboxylic acids is 1. The minimum absolute atomic E-state index is 0.0280. The van der Waals surface area contributed by atoms with Crippen LogP contribution in [0, 0.1) is 0 Å². The molecule has 1 amide bonds. The standard InChI is InChI=1S/C36H45NO7/c1-42-32-20-16-28(17-21-32)36(27-12-8-7-9-13-27,29-18-22-33(43-2)23-19-29)44-26-30-24-31(38)25-37(30)34(39)14-10-5-3-4-6-11-15-35(40)41/h7-9,12-13,16-23,30-31,38H,3-6,10-11,14-15,24-26H2,1-2H3,(H,40,41)/t30-,31+/m1/s1. The number of methoxy groups -OCH3 is 2. The molecule has 4 rings (SSSR count). The number of hydrogen-bond acceptors (Lipinski definition) is 6. The van der Waals surface area contributed by atoms with Crippen LogP contribution in [0.25, 0.3) is 0 Å². The maximum atomic E-state index is 13.4. The number of ether oxygens (including phenoxy) is 3. The highest BCUT2D eigenvalue weighted by Gasteiger charge is 2.41. The molecule has 0 aliphatic carbocycles. The summed E-state index contributed by atoms with van der Waals surface area (Å²) in [5, 5.41) is 19.4.